The van der Waals surface area contributed by atoms with Crippen LogP contribution in [0.25, 0.3) is 0 Å². The second kappa shape index (κ2) is 6.95. The van der Waals surface area contributed by atoms with Crippen LogP contribution in [0.15, 0.2) is 42.7 Å². The molecule has 1 aromatic heterocycles. The summed E-state index contributed by atoms with van der Waals surface area (Å²) in [5.74, 6) is -0.847. The minimum absolute atomic E-state index is 0.0790. The fourth-order valence-corrected chi connectivity index (χ4v) is 2.46. The molecule has 0 atom stereocenters. The third-order valence-corrected chi connectivity index (χ3v) is 3.75. The number of amides is 2. The highest BCUT2D eigenvalue weighted by Crippen LogP contribution is 2.21. The summed E-state index contributed by atoms with van der Waals surface area (Å²) in [6.07, 6.45) is 3.33. The van der Waals surface area contributed by atoms with Gasteiger partial charge in [-0.3, -0.25) is 9.59 Å². The molecule has 2 amide bonds. The van der Waals surface area contributed by atoms with E-state index >= 15 is 0 Å². The van der Waals surface area contributed by atoms with Crippen molar-refractivity contribution in [2.45, 2.75) is 0 Å². The largest absolute Gasteiger partial charge is 0.506 e. The second-order valence-electron chi connectivity index (χ2n) is 5.30. The fourth-order valence-electron chi connectivity index (χ4n) is 2.46. The molecule has 0 saturated carbocycles. The van der Waals surface area contributed by atoms with E-state index in [0.29, 0.717) is 32.1 Å². The molecule has 2 N–H and O–H groups in total. The van der Waals surface area contributed by atoms with Gasteiger partial charge in [0.15, 0.2) is 0 Å². The highest BCUT2D eigenvalue weighted by molar-refractivity contribution is 6.39. The number of benzene rings is 1. The smallest absolute Gasteiger partial charge is 0.314 e. The lowest BCUT2D eigenvalue weighted by Crippen LogP contribution is -2.52. The van der Waals surface area contributed by atoms with Crippen molar-refractivity contribution >= 4 is 23.5 Å². The Hall–Kier alpha value is -3.16. The number of para-hydroxylation sites is 2. The summed E-state index contributed by atoms with van der Waals surface area (Å²) in [6, 6.07) is 8.02. The number of phenolic OH excluding ortho intramolecular Hbond substituents is 1. The van der Waals surface area contributed by atoms with Gasteiger partial charge in [0.1, 0.15) is 5.75 Å². The molecule has 0 unspecified atom stereocenters. The number of hydrogen-bond acceptors (Lipinski definition) is 6. The van der Waals surface area contributed by atoms with Crippen molar-refractivity contribution in [2.24, 2.45) is 0 Å². The number of aromatic hydroxyl groups is 1. The molecule has 3 rings (SSSR count). The Morgan fingerprint density at radius 2 is 1.67 bits per heavy atom. The van der Waals surface area contributed by atoms with Gasteiger partial charge in [0.25, 0.3) is 0 Å². The Morgan fingerprint density at radius 3 is 2.33 bits per heavy atom. The van der Waals surface area contributed by atoms with Gasteiger partial charge in [0.05, 0.1) is 5.69 Å². The van der Waals surface area contributed by atoms with Crippen LogP contribution in [0.3, 0.4) is 0 Å². The predicted molar refractivity (Wildman–Crippen MR) is 87.6 cm³/mol. The summed E-state index contributed by atoms with van der Waals surface area (Å²) in [7, 11) is 0. The zero-order valence-corrected chi connectivity index (χ0v) is 12.9. The van der Waals surface area contributed by atoms with E-state index in [2.05, 4.69) is 15.3 Å². The van der Waals surface area contributed by atoms with Crippen LogP contribution in [-0.4, -0.2) is 58.0 Å². The Balaban J connectivity index is 1.57. The summed E-state index contributed by atoms with van der Waals surface area (Å²) in [6.45, 7) is 1.93. The molecule has 8 heteroatoms. The summed E-state index contributed by atoms with van der Waals surface area (Å²) in [5, 5.41) is 12.1. The number of nitrogens with zero attached hydrogens (tertiary/aromatic N) is 4. The van der Waals surface area contributed by atoms with Crippen LogP contribution < -0.4 is 10.2 Å². The van der Waals surface area contributed by atoms with Crippen LogP contribution in [0.2, 0.25) is 0 Å². The first-order valence-electron chi connectivity index (χ1n) is 7.55. The summed E-state index contributed by atoms with van der Waals surface area (Å²) in [4.78, 5) is 36.1. The minimum Gasteiger partial charge on any atom is -0.506 e. The maximum atomic E-state index is 12.2. The van der Waals surface area contributed by atoms with Crippen molar-refractivity contribution < 1.29 is 14.7 Å². The van der Waals surface area contributed by atoms with E-state index in [-0.39, 0.29) is 11.4 Å². The lowest BCUT2D eigenvalue weighted by Gasteiger charge is -2.34. The lowest BCUT2D eigenvalue weighted by atomic mass is 10.2. The number of rotatable bonds is 2. The molecule has 0 radical (unpaired) electrons. The quantitative estimate of drug-likeness (QED) is 0.614. The van der Waals surface area contributed by atoms with Gasteiger partial charge in [-0.05, 0) is 18.2 Å². The molecule has 124 valence electrons. The van der Waals surface area contributed by atoms with Crippen molar-refractivity contribution in [3.63, 3.8) is 0 Å². The molecule has 0 bridgehead atoms. The topological polar surface area (TPSA) is 98.7 Å². The van der Waals surface area contributed by atoms with Crippen LogP contribution in [0.4, 0.5) is 11.6 Å². The normalized spacial score (nSPS) is 14.3. The fraction of sp³-hybridized carbons (Fsp3) is 0.250. The highest BCUT2D eigenvalue weighted by Gasteiger charge is 2.27. The Morgan fingerprint density at radius 1 is 1.00 bits per heavy atom. The molecule has 0 aliphatic carbocycles. The van der Waals surface area contributed by atoms with Gasteiger partial charge in [-0.2, -0.15) is 0 Å². The number of aromatic nitrogens is 2. The molecule has 24 heavy (non-hydrogen) atoms. The summed E-state index contributed by atoms with van der Waals surface area (Å²) < 4.78 is 0. The van der Waals surface area contributed by atoms with E-state index in [1.165, 1.54) is 17.0 Å². The van der Waals surface area contributed by atoms with Gasteiger partial charge in [0, 0.05) is 38.6 Å². The molecule has 1 saturated heterocycles. The molecule has 2 heterocycles. The van der Waals surface area contributed by atoms with Gasteiger partial charge >= 0.3 is 11.8 Å². The first-order valence-corrected chi connectivity index (χ1v) is 7.55. The van der Waals surface area contributed by atoms with E-state index in [0.717, 1.165) is 0 Å². The van der Waals surface area contributed by atoms with Crippen LogP contribution in [0, 0.1) is 0 Å². The van der Waals surface area contributed by atoms with Crippen molar-refractivity contribution in [2.75, 3.05) is 36.4 Å². The van der Waals surface area contributed by atoms with Gasteiger partial charge in [0.2, 0.25) is 5.95 Å². The summed E-state index contributed by atoms with van der Waals surface area (Å²) >= 11 is 0. The average Bonchev–Trinajstić information content (AvgIpc) is 2.64. The number of carbonyl (C=O) groups excluding carboxylic acids is 2. The predicted octanol–water partition coefficient (Wildman–Crippen LogP) is 0.469. The number of phenols is 1. The lowest BCUT2D eigenvalue weighted by molar-refractivity contribution is -0.143. The zero-order chi connectivity index (χ0) is 16.9. The Labute approximate surface area is 138 Å². The first kappa shape index (κ1) is 15.7. The number of carbonyl (C=O) groups is 2. The molecule has 8 nitrogen and oxygen atoms in total. The zero-order valence-electron chi connectivity index (χ0n) is 12.9. The van der Waals surface area contributed by atoms with Gasteiger partial charge in [-0.25, -0.2) is 9.97 Å². The molecule has 2 aromatic rings. The third-order valence-electron chi connectivity index (χ3n) is 3.75. The van der Waals surface area contributed by atoms with E-state index in [9.17, 15) is 14.7 Å². The number of hydrogen-bond donors (Lipinski definition) is 2. The van der Waals surface area contributed by atoms with E-state index < -0.39 is 11.8 Å². The van der Waals surface area contributed by atoms with Gasteiger partial charge in [-0.15, -0.1) is 0 Å². The van der Waals surface area contributed by atoms with Gasteiger partial charge < -0.3 is 20.2 Å². The maximum absolute atomic E-state index is 12.2. The monoisotopic (exact) mass is 327 g/mol. The molecule has 1 aliphatic heterocycles. The number of anilines is 2. The molecule has 1 aromatic carbocycles. The third kappa shape index (κ3) is 3.43. The first-order chi connectivity index (χ1) is 11.6. The SMILES string of the molecule is O=C(Nc1ccccc1O)C(=O)N1CCN(c2ncccn2)CC1. The van der Waals surface area contributed by atoms with E-state index in [1.807, 2.05) is 4.90 Å². The molecule has 1 aliphatic rings. The van der Waals surface area contributed by atoms with Crippen molar-refractivity contribution in [1.29, 1.82) is 0 Å². The highest BCUT2D eigenvalue weighted by atomic mass is 16.3. The Kier molecular flexibility index (Phi) is 4.55. The van der Waals surface area contributed by atoms with Gasteiger partial charge in [-0.1, -0.05) is 12.1 Å². The minimum atomic E-state index is -0.763. The van der Waals surface area contributed by atoms with E-state index in [1.54, 1.807) is 30.6 Å². The number of piperazine rings is 1. The van der Waals surface area contributed by atoms with Crippen molar-refractivity contribution in [3.8, 4) is 5.75 Å². The summed E-state index contributed by atoms with van der Waals surface area (Å²) in [5.41, 5.74) is 0.215. The number of nitrogens with one attached hydrogen (secondary N) is 1. The second-order valence-corrected chi connectivity index (χ2v) is 5.30. The molecule has 1 fully saturated rings. The van der Waals surface area contributed by atoms with E-state index in [4.69, 9.17) is 0 Å². The van der Waals surface area contributed by atoms with Crippen LogP contribution in [-0.2, 0) is 9.59 Å². The molecular weight excluding hydrogens is 310 g/mol. The van der Waals surface area contributed by atoms with Crippen molar-refractivity contribution in [1.82, 2.24) is 14.9 Å². The Bertz CT molecular complexity index is 730. The molecule has 0 spiro atoms. The van der Waals surface area contributed by atoms with Crippen LogP contribution >= 0.6 is 0 Å². The standard InChI is InChI=1S/C16H17N5O3/c22-13-5-2-1-4-12(13)19-14(23)15(24)20-8-10-21(11-9-20)16-17-6-3-7-18-16/h1-7,22H,8-11H2,(H,19,23). The maximum Gasteiger partial charge on any atom is 0.314 e. The average molecular weight is 327 g/mol. The molecular formula is C16H17N5O3. The van der Waals surface area contributed by atoms with Crippen molar-refractivity contribution in [3.05, 3.63) is 42.7 Å². The van der Waals surface area contributed by atoms with Crippen LogP contribution in [0.1, 0.15) is 0 Å². The van der Waals surface area contributed by atoms with Crippen LogP contribution in [0.5, 0.6) is 5.75 Å².